The molecule has 7 heteroatoms. The van der Waals surface area contributed by atoms with Gasteiger partial charge in [0.05, 0.1) is 18.0 Å². The topological polar surface area (TPSA) is 84.0 Å². The van der Waals surface area contributed by atoms with E-state index in [4.69, 9.17) is 0 Å². The second kappa shape index (κ2) is 6.51. The molecule has 1 aromatic rings. The maximum absolute atomic E-state index is 11.5. The summed E-state index contributed by atoms with van der Waals surface area (Å²) >= 11 is 0. The predicted molar refractivity (Wildman–Crippen MR) is 61.2 cm³/mol. The van der Waals surface area contributed by atoms with Crippen LogP contribution in [0.15, 0.2) is 18.6 Å². The Bertz CT molecular complexity index is 393. The molecule has 0 unspecified atom stereocenters. The van der Waals surface area contributed by atoms with Gasteiger partial charge in [-0.15, -0.1) is 0 Å². The molecule has 0 radical (unpaired) electrons. The van der Waals surface area contributed by atoms with Crippen molar-refractivity contribution in [2.45, 2.75) is 13.5 Å². The fourth-order valence-corrected chi connectivity index (χ4v) is 1.99. The molecule has 0 bridgehead atoms. The zero-order valence-corrected chi connectivity index (χ0v) is 10.00. The van der Waals surface area contributed by atoms with E-state index in [0.29, 0.717) is 12.2 Å². The first-order chi connectivity index (χ1) is 7.64. The van der Waals surface area contributed by atoms with E-state index in [1.807, 2.05) is 6.92 Å². The monoisotopic (exact) mass is 244 g/mol. The Morgan fingerprint density at radius 2 is 2.25 bits per heavy atom. The molecule has 0 saturated heterocycles. The largest absolute Gasteiger partial charge is 0.316 e. The van der Waals surface area contributed by atoms with E-state index in [-0.39, 0.29) is 12.3 Å². The van der Waals surface area contributed by atoms with Gasteiger partial charge in [-0.25, -0.2) is 23.1 Å². The Balaban J connectivity index is 2.36. The average Bonchev–Trinajstić information content (AvgIpc) is 2.28. The van der Waals surface area contributed by atoms with Gasteiger partial charge in [0.25, 0.3) is 0 Å². The van der Waals surface area contributed by atoms with E-state index in [0.717, 1.165) is 6.54 Å². The fourth-order valence-electron chi connectivity index (χ4n) is 1.06. The van der Waals surface area contributed by atoms with E-state index in [2.05, 4.69) is 20.0 Å². The molecule has 16 heavy (non-hydrogen) atoms. The smallest absolute Gasteiger partial charge is 0.213 e. The SMILES string of the molecule is CCNCCS(=O)(=O)NCc1ccncn1. The van der Waals surface area contributed by atoms with Gasteiger partial charge in [-0.2, -0.15) is 0 Å². The number of rotatable bonds is 7. The van der Waals surface area contributed by atoms with Crippen molar-refractivity contribution in [3.63, 3.8) is 0 Å². The highest BCUT2D eigenvalue weighted by Crippen LogP contribution is 1.92. The molecule has 0 aliphatic carbocycles. The van der Waals surface area contributed by atoms with Gasteiger partial charge in [0.15, 0.2) is 0 Å². The van der Waals surface area contributed by atoms with Crippen molar-refractivity contribution < 1.29 is 8.42 Å². The van der Waals surface area contributed by atoms with Crippen LogP contribution in [-0.4, -0.2) is 37.2 Å². The zero-order valence-electron chi connectivity index (χ0n) is 9.18. The standard InChI is InChI=1S/C9H16N4O2S/c1-2-10-5-6-16(14,15)13-7-9-3-4-11-8-12-9/h3-4,8,10,13H,2,5-7H2,1H3. The van der Waals surface area contributed by atoms with E-state index < -0.39 is 10.0 Å². The van der Waals surface area contributed by atoms with Gasteiger partial charge in [-0.05, 0) is 12.6 Å². The molecule has 0 saturated carbocycles. The number of hydrogen-bond acceptors (Lipinski definition) is 5. The molecule has 0 spiro atoms. The maximum Gasteiger partial charge on any atom is 0.213 e. The minimum atomic E-state index is -3.22. The summed E-state index contributed by atoms with van der Waals surface area (Å²) in [7, 11) is -3.22. The van der Waals surface area contributed by atoms with Crippen LogP contribution in [0.4, 0.5) is 0 Å². The quantitative estimate of drug-likeness (QED) is 0.632. The second-order valence-electron chi connectivity index (χ2n) is 3.19. The Hall–Kier alpha value is -1.05. The lowest BCUT2D eigenvalue weighted by Crippen LogP contribution is -2.31. The fraction of sp³-hybridized carbons (Fsp3) is 0.556. The molecule has 2 N–H and O–H groups in total. The van der Waals surface area contributed by atoms with E-state index in [9.17, 15) is 8.42 Å². The molecule has 1 rings (SSSR count). The summed E-state index contributed by atoms with van der Waals surface area (Å²) < 4.78 is 25.4. The van der Waals surface area contributed by atoms with Crippen LogP contribution in [-0.2, 0) is 16.6 Å². The van der Waals surface area contributed by atoms with Gasteiger partial charge in [0.2, 0.25) is 10.0 Å². The molecule has 0 aliphatic heterocycles. The number of hydrogen-bond donors (Lipinski definition) is 2. The summed E-state index contributed by atoms with van der Waals surface area (Å²) in [6.07, 6.45) is 2.97. The second-order valence-corrected chi connectivity index (χ2v) is 5.12. The summed E-state index contributed by atoms with van der Waals surface area (Å²) in [5.74, 6) is 0.0753. The highest BCUT2D eigenvalue weighted by atomic mass is 32.2. The van der Waals surface area contributed by atoms with E-state index in [1.54, 1.807) is 12.3 Å². The molecule has 0 amide bonds. The molecule has 1 aromatic heterocycles. The van der Waals surface area contributed by atoms with Crippen LogP contribution < -0.4 is 10.0 Å². The average molecular weight is 244 g/mol. The van der Waals surface area contributed by atoms with Gasteiger partial charge < -0.3 is 5.32 Å². The zero-order chi connectivity index (χ0) is 11.9. The van der Waals surface area contributed by atoms with Crippen LogP contribution in [0.5, 0.6) is 0 Å². The molecule has 90 valence electrons. The van der Waals surface area contributed by atoms with Crippen molar-refractivity contribution in [2.24, 2.45) is 0 Å². The molecule has 0 atom stereocenters. The lowest BCUT2D eigenvalue weighted by atomic mass is 10.4. The normalized spacial score (nSPS) is 11.6. The number of aromatic nitrogens is 2. The van der Waals surface area contributed by atoms with Gasteiger partial charge in [-0.3, -0.25) is 0 Å². The minimum Gasteiger partial charge on any atom is -0.316 e. The predicted octanol–water partition coefficient (Wildman–Crippen LogP) is -0.494. The summed E-state index contributed by atoms with van der Waals surface area (Å²) in [6, 6.07) is 1.67. The molecule has 0 fully saturated rings. The maximum atomic E-state index is 11.5. The minimum absolute atomic E-state index is 0.0753. The molecular weight excluding hydrogens is 228 g/mol. The van der Waals surface area contributed by atoms with Crippen molar-refractivity contribution in [3.8, 4) is 0 Å². The Kier molecular flexibility index (Phi) is 5.30. The van der Waals surface area contributed by atoms with Crippen LogP contribution in [0, 0.1) is 0 Å². The molecule has 0 aliphatic rings. The van der Waals surface area contributed by atoms with Gasteiger partial charge in [-0.1, -0.05) is 6.92 Å². The molecular formula is C9H16N4O2S. The number of nitrogens with zero attached hydrogens (tertiary/aromatic N) is 2. The highest BCUT2D eigenvalue weighted by Gasteiger charge is 2.09. The Morgan fingerprint density at radius 1 is 1.44 bits per heavy atom. The Morgan fingerprint density at radius 3 is 2.88 bits per heavy atom. The number of sulfonamides is 1. The summed E-state index contributed by atoms with van der Waals surface area (Å²) in [5.41, 5.74) is 0.655. The summed E-state index contributed by atoms with van der Waals surface area (Å²) in [4.78, 5) is 7.68. The third kappa shape index (κ3) is 5.15. The lowest BCUT2D eigenvalue weighted by molar-refractivity contribution is 0.576. The van der Waals surface area contributed by atoms with Crippen LogP contribution in [0.2, 0.25) is 0 Å². The molecule has 6 nitrogen and oxygen atoms in total. The highest BCUT2D eigenvalue weighted by molar-refractivity contribution is 7.89. The van der Waals surface area contributed by atoms with Crippen LogP contribution >= 0.6 is 0 Å². The van der Waals surface area contributed by atoms with Crippen molar-refractivity contribution in [1.29, 1.82) is 0 Å². The Labute approximate surface area is 95.6 Å². The van der Waals surface area contributed by atoms with E-state index in [1.165, 1.54) is 6.33 Å². The number of nitrogens with one attached hydrogen (secondary N) is 2. The van der Waals surface area contributed by atoms with Gasteiger partial charge in [0.1, 0.15) is 6.33 Å². The van der Waals surface area contributed by atoms with Crippen LogP contribution in [0.1, 0.15) is 12.6 Å². The molecule has 0 aromatic carbocycles. The third-order valence-corrected chi connectivity index (χ3v) is 3.24. The summed E-state index contributed by atoms with van der Waals surface area (Å²) in [5, 5.41) is 2.96. The lowest BCUT2D eigenvalue weighted by Gasteiger charge is -2.06. The first-order valence-electron chi connectivity index (χ1n) is 5.07. The van der Waals surface area contributed by atoms with E-state index >= 15 is 0 Å². The third-order valence-electron chi connectivity index (χ3n) is 1.91. The van der Waals surface area contributed by atoms with Crippen molar-refractivity contribution in [3.05, 3.63) is 24.3 Å². The first kappa shape index (κ1) is 13.0. The van der Waals surface area contributed by atoms with Crippen molar-refractivity contribution >= 4 is 10.0 Å². The summed E-state index contributed by atoms with van der Waals surface area (Å²) in [6.45, 7) is 3.36. The van der Waals surface area contributed by atoms with Crippen molar-refractivity contribution in [2.75, 3.05) is 18.8 Å². The van der Waals surface area contributed by atoms with Crippen LogP contribution in [0.25, 0.3) is 0 Å². The van der Waals surface area contributed by atoms with Gasteiger partial charge >= 0.3 is 0 Å². The first-order valence-corrected chi connectivity index (χ1v) is 6.72. The van der Waals surface area contributed by atoms with Gasteiger partial charge in [0, 0.05) is 12.7 Å². The molecule has 1 heterocycles. The van der Waals surface area contributed by atoms with Crippen LogP contribution in [0.3, 0.4) is 0 Å². The van der Waals surface area contributed by atoms with Crippen molar-refractivity contribution in [1.82, 2.24) is 20.0 Å².